The number of aromatic nitrogens is 3. The van der Waals surface area contributed by atoms with Gasteiger partial charge in [-0.1, -0.05) is 0 Å². The Bertz CT molecular complexity index is 1300. The van der Waals surface area contributed by atoms with Crippen LogP contribution in [0.25, 0.3) is 11.1 Å². The number of furan rings is 1. The fourth-order valence-corrected chi connectivity index (χ4v) is 5.42. The Morgan fingerprint density at radius 2 is 1.92 bits per heavy atom. The van der Waals surface area contributed by atoms with E-state index in [4.69, 9.17) is 15.9 Å². The SMILES string of the molecule is CN1CCC(c2cnc3c(C(=O)Nc4cnn(C)c4N4C[C@@H](N)C[C@@H](C(F)(F)F)C4)c(N)oc3c2)CC1. The predicted molar refractivity (Wildman–Crippen MR) is 133 cm³/mol. The van der Waals surface area contributed by atoms with E-state index < -0.39 is 24.0 Å². The summed E-state index contributed by atoms with van der Waals surface area (Å²) in [5.41, 5.74) is 14.1. The van der Waals surface area contributed by atoms with Crippen molar-refractivity contribution in [2.75, 3.05) is 49.2 Å². The molecule has 10 nitrogen and oxygen atoms in total. The van der Waals surface area contributed by atoms with Crippen LogP contribution in [-0.4, -0.2) is 71.0 Å². The van der Waals surface area contributed by atoms with Gasteiger partial charge >= 0.3 is 6.18 Å². The van der Waals surface area contributed by atoms with Crippen LogP contribution >= 0.6 is 0 Å². The quantitative estimate of drug-likeness (QED) is 0.479. The highest BCUT2D eigenvalue weighted by molar-refractivity contribution is 6.15. The molecule has 0 unspecified atom stereocenters. The third-order valence-corrected chi connectivity index (χ3v) is 7.40. The first-order chi connectivity index (χ1) is 17.5. The number of halogens is 3. The number of amides is 1. The van der Waals surface area contributed by atoms with Crippen LogP contribution in [-0.2, 0) is 7.05 Å². The highest BCUT2D eigenvalue weighted by Gasteiger charge is 2.44. The molecule has 1 amide bonds. The highest BCUT2D eigenvalue weighted by atomic mass is 19.4. The zero-order chi connectivity index (χ0) is 26.5. The molecular formula is C24H31F3N8O2. The van der Waals surface area contributed by atoms with Gasteiger partial charge in [0.1, 0.15) is 16.8 Å². The summed E-state index contributed by atoms with van der Waals surface area (Å²) in [5, 5.41) is 6.90. The number of rotatable bonds is 4. The Morgan fingerprint density at radius 3 is 2.62 bits per heavy atom. The summed E-state index contributed by atoms with van der Waals surface area (Å²) < 4.78 is 47.5. The van der Waals surface area contributed by atoms with Crippen molar-refractivity contribution >= 4 is 34.4 Å². The number of nitrogen functional groups attached to an aromatic ring is 1. The van der Waals surface area contributed by atoms with Crippen molar-refractivity contribution in [3.63, 3.8) is 0 Å². The van der Waals surface area contributed by atoms with Gasteiger partial charge in [-0.05, 0) is 56.9 Å². The molecule has 3 aromatic rings. The molecule has 0 spiro atoms. The number of anilines is 3. The number of pyridine rings is 1. The maximum absolute atomic E-state index is 13.5. The van der Waals surface area contributed by atoms with Crippen molar-refractivity contribution in [1.29, 1.82) is 0 Å². The van der Waals surface area contributed by atoms with Gasteiger partial charge in [0.2, 0.25) is 5.88 Å². The van der Waals surface area contributed by atoms with Gasteiger partial charge in [-0.3, -0.25) is 14.5 Å². The fourth-order valence-electron chi connectivity index (χ4n) is 5.42. The molecule has 200 valence electrons. The molecule has 2 fully saturated rings. The number of nitrogens with two attached hydrogens (primary N) is 2. The monoisotopic (exact) mass is 520 g/mol. The third-order valence-electron chi connectivity index (χ3n) is 7.40. The standard InChI is InChI=1S/C24H31F3N8O2/c1-33-5-3-13(4-6-33)14-7-18-20(30-9-14)19(21(29)37-18)22(36)32-17-10-31-34(2)23(17)35-11-15(24(25,26)27)8-16(28)12-35/h7,9-10,13,15-16H,3-6,8,11-12,28-29H2,1-2H3,(H,32,36)/t15-,16+/m1/s1. The van der Waals surface area contributed by atoms with Crippen LogP contribution in [0.2, 0.25) is 0 Å². The van der Waals surface area contributed by atoms with Gasteiger partial charge in [-0.25, -0.2) is 0 Å². The Morgan fingerprint density at radius 1 is 1.19 bits per heavy atom. The van der Waals surface area contributed by atoms with Crippen LogP contribution in [0, 0.1) is 5.92 Å². The lowest BCUT2D eigenvalue weighted by molar-refractivity contribution is -0.177. The summed E-state index contributed by atoms with van der Waals surface area (Å²) in [6, 6.07) is 1.21. The number of nitrogens with one attached hydrogen (secondary N) is 1. The summed E-state index contributed by atoms with van der Waals surface area (Å²) in [6.07, 6.45) is 0.632. The Hall–Kier alpha value is -3.32. The van der Waals surface area contributed by atoms with Crippen molar-refractivity contribution < 1.29 is 22.4 Å². The van der Waals surface area contributed by atoms with Crippen molar-refractivity contribution in [2.45, 2.75) is 37.4 Å². The van der Waals surface area contributed by atoms with Crippen molar-refractivity contribution in [3.05, 3.63) is 29.6 Å². The van der Waals surface area contributed by atoms with E-state index in [1.165, 1.54) is 15.8 Å². The van der Waals surface area contributed by atoms with E-state index in [-0.39, 0.29) is 36.6 Å². The van der Waals surface area contributed by atoms with E-state index in [0.717, 1.165) is 31.5 Å². The zero-order valence-electron chi connectivity index (χ0n) is 20.8. The highest BCUT2D eigenvalue weighted by Crippen LogP contribution is 2.37. The lowest BCUT2D eigenvalue weighted by atomic mass is 9.90. The summed E-state index contributed by atoms with van der Waals surface area (Å²) in [4.78, 5) is 21.6. The van der Waals surface area contributed by atoms with E-state index in [1.807, 2.05) is 6.07 Å². The first-order valence-corrected chi connectivity index (χ1v) is 12.3. The fraction of sp³-hybridized carbons (Fsp3) is 0.542. The molecule has 5 rings (SSSR count). The largest absolute Gasteiger partial charge is 0.438 e. The van der Waals surface area contributed by atoms with Crippen LogP contribution in [0.15, 0.2) is 22.9 Å². The molecule has 2 saturated heterocycles. The lowest BCUT2D eigenvalue weighted by Gasteiger charge is -2.38. The number of hydrogen-bond acceptors (Lipinski definition) is 8. The first-order valence-electron chi connectivity index (χ1n) is 12.3. The normalized spacial score (nSPS) is 22.1. The Labute approximate surface area is 211 Å². The smallest absolute Gasteiger partial charge is 0.393 e. The minimum absolute atomic E-state index is 0.0724. The number of carbonyl (C=O) groups is 1. The summed E-state index contributed by atoms with van der Waals surface area (Å²) in [7, 11) is 3.69. The Kier molecular flexibility index (Phi) is 6.52. The summed E-state index contributed by atoms with van der Waals surface area (Å²) >= 11 is 0. The van der Waals surface area contributed by atoms with Gasteiger partial charge < -0.3 is 31.0 Å². The van der Waals surface area contributed by atoms with E-state index >= 15 is 0 Å². The molecule has 0 aromatic carbocycles. The first kappa shape index (κ1) is 25.3. The van der Waals surface area contributed by atoms with Gasteiger partial charge in [0.05, 0.1) is 12.1 Å². The zero-order valence-corrected chi connectivity index (χ0v) is 20.8. The number of aryl methyl sites for hydroxylation is 1. The lowest BCUT2D eigenvalue weighted by Crippen LogP contribution is -2.51. The number of fused-ring (bicyclic) bond motifs is 1. The minimum atomic E-state index is -4.37. The molecule has 0 aliphatic carbocycles. The van der Waals surface area contributed by atoms with Crippen molar-refractivity contribution in [2.24, 2.45) is 18.7 Å². The van der Waals surface area contributed by atoms with Gasteiger partial charge in [-0.2, -0.15) is 18.3 Å². The van der Waals surface area contributed by atoms with Crippen LogP contribution in [0.3, 0.4) is 0 Å². The van der Waals surface area contributed by atoms with Crippen LogP contribution in [0.1, 0.15) is 41.1 Å². The second kappa shape index (κ2) is 9.53. The molecular weight excluding hydrogens is 489 g/mol. The minimum Gasteiger partial charge on any atom is -0.438 e. The summed E-state index contributed by atoms with van der Waals surface area (Å²) in [5.74, 6) is -1.55. The van der Waals surface area contributed by atoms with Gasteiger partial charge in [0.15, 0.2) is 11.4 Å². The van der Waals surface area contributed by atoms with Gasteiger partial charge in [-0.15, -0.1) is 0 Å². The second-order valence-electron chi connectivity index (χ2n) is 10.1. The van der Waals surface area contributed by atoms with Crippen LogP contribution in [0.4, 0.5) is 30.6 Å². The topological polar surface area (TPSA) is 131 Å². The number of carbonyl (C=O) groups excluding carboxylic acids is 1. The number of nitrogens with zero attached hydrogens (tertiary/aromatic N) is 5. The summed E-state index contributed by atoms with van der Waals surface area (Å²) in [6.45, 7) is 1.91. The number of hydrogen-bond donors (Lipinski definition) is 3. The van der Waals surface area contributed by atoms with E-state index in [9.17, 15) is 18.0 Å². The molecule has 2 atom stereocenters. The molecule has 0 radical (unpaired) electrons. The average Bonchev–Trinajstić information content (AvgIpc) is 3.36. The predicted octanol–water partition coefficient (Wildman–Crippen LogP) is 2.92. The molecule has 5 heterocycles. The van der Waals surface area contributed by atoms with Crippen LogP contribution < -0.4 is 21.7 Å². The van der Waals surface area contributed by atoms with Crippen LogP contribution in [0.5, 0.6) is 0 Å². The van der Waals surface area contributed by atoms with Crippen molar-refractivity contribution in [1.82, 2.24) is 19.7 Å². The molecule has 2 aliphatic rings. The maximum atomic E-state index is 13.5. The third kappa shape index (κ3) is 4.97. The second-order valence-corrected chi connectivity index (χ2v) is 10.1. The molecule has 2 aliphatic heterocycles. The van der Waals surface area contributed by atoms with E-state index in [2.05, 4.69) is 27.3 Å². The Balaban J connectivity index is 1.39. The van der Waals surface area contributed by atoms with E-state index in [1.54, 1.807) is 13.2 Å². The number of alkyl halides is 3. The molecule has 13 heteroatoms. The van der Waals surface area contributed by atoms with Gasteiger partial charge in [0.25, 0.3) is 5.91 Å². The van der Waals surface area contributed by atoms with Crippen molar-refractivity contribution in [3.8, 4) is 0 Å². The number of piperidine rings is 2. The van der Waals surface area contributed by atoms with E-state index in [0.29, 0.717) is 22.8 Å². The maximum Gasteiger partial charge on any atom is 0.393 e. The van der Waals surface area contributed by atoms with Gasteiger partial charge in [0, 0.05) is 32.4 Å². The molecule has 3 aromatic heterocycles. The average molecular weight is 521 g/mol. The molecule has 0 saturated carbocycles. The number of likely N-dealkylation sites (tertiary alicyclic amines) is 1. The molecule has 37 heavy (non-hydrogen) atoms. The molecule has 5 N–H and O–H groups in total. The molecule has 0 bridgehead atoms.